The molecule has 0 atom stereocenters. The van der Waals surface area contributed by atoms with Crippen molar-refractivity contribution in [2.45, 2.75) is 27.7 Å². The molecule has 0 radical (unpaired) electrons. The van der Waals surface area contributed by atoms with Crippen molar-refractivity contribution in [3.63, 3.8) is 0 Å². The summed E-state index contributed by atoms with van der Waals surface area (Å²) in [6.45, 7) is -6.78. The van der Waals surface area contributed by atoms with E-state index in [1.807, 2.05) is 181 Å². The van der Waals surface area contributed by atoms with E-state index in [9.17, 15) is 38.4 Å². The predicted octanol–water partition coefficient (Wildman–Crippen LogP) is 25.5. The van der Waals surface area contributed by atoms with Crippen LogP contribution in [0.25, 0.3) is 0 Å². The molecule has 0 aromatic heterocycles. The highest BCUT2D eigenvalue weighted by molar-refractivity contribution is 14.1. The zero-order valence-corrected chi connectivity index (χ0v) is 117. The molecular formula is C81H52I24O24. The van der Waals surface area contributed by atoms with Crippen LogP contribution in [0, 0.1) is 113 Å². The molecule has 0 saturated carbocycles. The highest BCUT2D eigenvalue weighted by atomic mass is 127. The Morgan fingerprint density at radius 2 is 0.264 bits per heavy atom. The molecule has 0 amide bonds. The van der Waals surface area contributed by atoms with E-state index in [-0.39, 0.29) is 44.5 Å². The molecule has 0 saturated heterocycles. The third kappa shape index (κ3) is 33.5. The molecule has 0 unspecified atom stereocenters. The normalized spacial score (nSPS) is 11.7. The van der Waals surface area contributed by atoms with E-state index in [1.165, 1.54) is 27.7 Å². The van der Waals surface area contributed by atoms with Crippen LogP contribution in [-0.2, 0) is 76.0 Å². The zero-order valence-electron chi connectivity index (χ0n) is 65.1. The molecule has 129 heavy (non-hydrogen) atoms. The van der Waals surface area contributed by atoms with Gasteiger partial charge in [-0.25, -0.2) is 38.4 Å². The Balaban J connectivity index is 1.34. The molecule has 8 aromatic rings. The molecule has 24 nitrogen and oxygen atoms in total. The van der Waals surface area contributed by atoms with Gasteiger partial charge < -0.3 is 56.8 Å². The molecular weight excluding hydrogens is 4400 g/mol. The molecule has 0 fully saturated rings. The third-order valence-corrected chi connectivity index (χ3v) is 47.7. The van der Waals surface area contributed by atoms with Crippen molar-refractivity contribution in [2.24, 2.45) is 27.1 Å². The number of halogens is 24. The average molecular weight is 4450 g/mol. The molecule has 0 aliphatic rings. The van der Waals surface area contributed by atoms with Crippen LogP contribution in [0.15, 0.2) is 97.1 Å². The number of ether oxygens (including phenoxy) is 12. The second-order valence-corrected chi connectivity index (χ2v) is 56.5. The molecule has 8 rings (SSSR count). The summed E-state index contributed by atoms with van der Waals surface area (Å²) < 4.78 is 89.5. The lowest BCUT2D eigenvalue weighted by Crippen LogP contribution is -2.50. The summed E-state index contributed by atoms with van der Waals surface area (Å²) in [5.41, 5.74) is -10.7. The Morgan fingerprint density at radius 3 is 0.372 bits per heavy atom. The van der Waals surface area contributed by atoms with E-state index in [0.29, 0.717) is 57.1 Å². The second kappa shape index (κ2) is 54.0. The van der Waals surface area contributed by atoms with Crippen LogP contribution >= 0.6 is 542 Å². The summed E-state index contributed by atoms with van der Waals surface area (Å²) in [6.07, 6.45) is 0. The summed E-state index contributed by atoms with van der Waals surface area (Å²) in [5.74, 6) is -12.6. The van der Waals surface area contributed by atoms with E-state index < -0.39 is 178 Å². The first-order chi connectivity index (χ1) is 60.1. The molecule has 0 heterocycles. The van der Waals surface area contributed by atoms with E-state index in [1.54, 1.807) is 97.1 Å². The van der Waals surface area contributed by atoms with Gasteiger partial charge in [0.05, 0.1) is 44.5 Å². The van der Waals surface area contributed by atoms with Gasteiger partial charge in [0.15, 0.2) is 0 Å². The topological polar surface area (TPSA) is 316 Å². The van der Waals surface area contributed by atoms with Crippen molar-refractivity contribution in [3.05, 3.63) is 227 Å². The minimum Gasteiger partial charge on any atom is -0.464 e. The first-order valence-electron chi connectivity index (χ1n) is 35.4. The van der Waals surface area contributed by atoms with Gasteiger partial charge in [-0.15, -0.1) is 0 Å². The fraction of sp³-hybridized carbons (Fsp3) is 0.259. The number of esters is 12. The van der Waals surface area contributed by atoms with Gasteiger partial charge in [0.25, 0.3) is 0 Å². The van der Waals surface area contributed by atoms with Crippen molar-refractivity contribution in [3.8, 4) is 0 Å². The van der Waals surface area contributed by atoms with E-state index in [0.717, 1.165) is 28.6 Å². The standard InChI is InChI=1S/C81H52I24O24/c1-77(21-118-65(106)33-5-49(90)57(98)13-41(33)82,22-119-66(107)34-6-50(91)58(99)14-42(34)83)73(114)126-29-81(30-127-74(115)78(2,23-120-67(108)35-7-51(92)59(100)15-43(35)84)24-121-68(109)36-8-52(93)60(101)16-44(36)85,31-128-75(116)79(3,25-122-69(110)37-9-53(94)61(102)17-45(37)86)26-123-70(111)38-10-54(95)62(103)18-46(38)87)32-129-76(117)80(4,27-124-71(112)39-11-55(96)63(104)19-47(39)88)28-125-72(113)40-12-56(97)64(105)20-48(40)89/h5-20H,21-32H2,1-4H3. The SMILES string of the molecule is CC(COC(=O)c1cc(I)c(I)cc1I)(COC(=O)c1cc(I)c(I)cc1I)C(=O)OCC(COC(=O)C(C)(COC(=O)c1cc(I)c(I)cc1I)COC(=O)c1cc(I)c(I)cc1I)(COC(=O)C(C)(COC(=O)c1cc(I)c(I)cc1I)COC(=O)c1cc(I)c(I)cc1I)COC(=O)C(C)(COC(=O)c1cc(I)c(I)cc1I)COC(=O)c1cc(I)c(I)cc1I. The molecule has 8 aromatic carbocycles. The van der Waals surface area contributed by atoms with Gasteiger partial charge in [0.2, 0.25) is 0 Å². The lowest BCUT2D eigenvalue weighted by Gasteiger charge is -2.36. The van der Waals surface area contributed by atoms with Gasteiger partial charge >= 0.3 is 71.6 Å². The van der Waals surface area contributed by atoms with Gasteiger partial charge in [0.1, 0.15) is 106 Å². The van der Waals surface area contributed by atoms with Gasteiger partial charge in [-0.05, 0) is 667 Å². The number of rotatable bonds is 36. The van der Waals surface area contributed by atoms with Gasteiger partial charge in [-0.3, -0.25) is 19.2 Å². The molecule has 0 bridgehead atoms. The highest BCUT2D eigenvalue weighted by Crippen LogP contribution is 2.38. The first kappa shape index (κ1) is 119. The van der Waals surface area contributed by atoms with E-state index in [4.69, 9.17) is 56.8 Å². The predicted molar refractivity (Wildman–Crippen MR) is 678 cm³/mol. The minimum absolute atomic E-state index is 0.0986. The van der Waals surface area contributed by atoms with E-state index in [2.05, 4.69) is 361 Å². The Hall–Kier alpha value is 4.92. The molecule has 0 spiro atoms. The maximum absolute atomic E-state index is 16.0. The smallest absolute Gasteiger partial charge is 0.339 e. The van der Waals surface area contributed by atoms with E-state index >= 15 is 19.2 Å². The Labute approximate surface area is 1070 Å². The van der Waals surface area contributed by atoms with Crippen molar-refractivity contribution in [1.82, 2.24) is 0 Å². The minimum atomic E-state index is -2.53. The third-order valence-electron chi connectivity index (χ3n) is 18.0. The summed E-state index contributed by atoms with van der Waals surface area (Å²) in [7, 11) is 0. The maximum Gasteiger partial charge on any atom is 0.339 e. The van der Waals surface area contributed by atoms with Crippen LogP contribution in [0.5, 0.6) is 0 Å². The summed E-state index contributed by atoms with van der Waals surface area (Å²) in [4.78, 5) is 179. The molecule has 0 aliphatic heterocycles. The molecule has 688 valence electrons. The number of hydrogen-bond donors (Lipinski definition) is 0. The first-order valence-corrected chi connectivity index (χ1v) is 61.3. The zero-order chi connectivity index (χ0) is 96.2. The molecule has 0 N–H and O–H groups in total. The lowest BCUT2D eigenvalue weighted by molar-refractivity contribution is -0.187. The lowest BCUT2D eigenvalue weighted by atomic mass is 9.88. The van der Waals surface area contributed by atoms with Crippen LogP contribution in [0.2, 0.25) is 0 Å². The Morgan fingerprint density at radius 1 is 0.163 bits per heavy atom. The Kier molecular flexibility index (Phi) is 49.9. The van der Waals surface area contributed by atoms with Gasteiger partial charge in [-0.2, -0.15) is 0 Å². The summed E-state index contributed by atoms with van der Waals surface area (Å²) in [5, 5.41) is 0. The average Bonchev–Trinajstić information content (AvgIpc) is 0.797. The van der Waals surface area contributed by atoms with Crippen molar-refractivity contribution >= 4 is 614 Å². The molecule has 48 heteroatoms. The summed E-state index contributed by atoms with van der Waals surface area (Å²) in [6, 6.07) is 26.6. The fourth-order valence-corrected chi connectivity index (χ4v) is 28.1. The quantitative estimate of drug-likeness (QED) is 0.0152. The van der Waals surface area contributed by atoms with Crippen molar-refractivity contribution in [2.75, 3.05) is 79.3 Å². The largest absolute Gasteiger partial charge is 0.464 e. The van der Waals surface area contributed by atoms with Gasteiger partial charge in [0, 0.05) is 85.7 Å². The highest BCUT2D eigenvalue weighted by Gasteiger charge is 2.50. The second-order valence-electron chi connectivity index (χ2n) is 28.6. The van der Waals surface area contributed by atoms with Crippen LogP contribution in [0.1, 0.15) is 111 Å². The fourth-order valence-electron chi connectivity index (χ4n) is 10.3. The van der Waals surface area contributed by atoms with Crippen molar-refractivity contribution < 1.29 is 114 Å². The number of carbonyl (C=O) groups excluding carboxylic acids is 12. The molecule has 0 aliphatic carbocycles. The van der Waals surface area contributed by atoms with Crippen LogP contribution in [0.4, 0.5) is 0 Å². The van der Waals surface area contributed by atoms with Crippen LogP contribution < -0.4 is 0 Å². The Bertz CT molecular complexity index is 4840. The van der Waals surface area contributed by atoms with Crippen LogP contribution in [-0.4, -0.2) is 151 Å². The van der Waals surface area contributed by atoms with Gasteiger partial charge in [-0.1, -0.05) is 0 Å². The monoisotopic (exact) mass is 4450 g/mol. The number of hydrogen-bond acceptors (Lipinski definition) is 24. The van der Waals surface area contributed by atoms with Crippen LogP contribution in [0.3, 0.4) is 0 Å². The number of carbonyl (C=O) groups is 12. The maximum atomic E-state index is 16.0. The summed E-state index contributed by atoms with van der Waals surface area (Å²) >= 11 is 49.0. The van der Waals surface area contributed by atoms with Crippen molar-refractivity contribution in [1.29, 1.82) is 0 Å². The number of benzene rings is 8.